The lowest BCUT2D eigenvalue weighted by Crippen LogP contribution is -2.29. The Kier molecular flexibility index (Phi) is 11.7. The van der Waals surface area contributed by atoms with Gasteiger partial charge < -0.3 is 14.6 Å². The van der Waals surface area contributed by atoms with Crippen molar-refractivity contribution in [2.75, 3.05) is 19.0 Å². The lowest BCUT2D eigenvalue weighted by atomic mass is 9.99. The Balaban J connectivity index is 1.62. The maximum Gasteiger partial charge on any atom is 0.229 e. The minimum absolute atomic E-state index is 0.0202. The molecule has 0 aliphatic rings. The fourth-order valence-electron chi connectivity index (χ4n) is 5.78. The number of nitrogens with zero attached hydrogens (tertiary/aromatic N) is 2. The first-order valence-electron chi connectivity index (χ1n) is 17.1. The van der Waals surface area contributed by atoms with E-state index in [9.17, 15) is 23.2 Å². The number of halogens is 2. The molecule has 2 heterocycles. The lowest BCUT2D eigenvalue weighted by molar-refractivity contribution is -0.123. The van der Waals surface area contributed by atoms with Gasteiger partial charge in [-0.25, -0.2) is 8.78 Å². The summed E-state index contributed by atoms with van der Waals surface area (Å²) in [5, 5.41) is 3.31. The molecule has 0 aliphatic carbocycles. The first kappa shape index (κ1) is 37.7. The Morgan fingerprint density at radius 1 is 0.902 bits per heavy atom. The average molecular weight is 714 g/mol. The number of carbonyl (C=O) groups is 2. The van der Waals surface area contributed by atoms with Crippen LogP contribution in [0.2, 0.25) is 0 Å². The molecular formula is C41H45F2N3O4S. The molecule has 0 aliphatic heterocycles. The number of ketones is 1. The van der Waals surface area contributed by atoms with Crippen molar-refractivity contribution < 1.29 is 23.1 Å². The maximum absolute atomic E-state index is 15.0. The van der Waals surface area contributed by atoms with Gasteiger partial charge in [0.1, 0.15) is 16.5 Å². The van der Waals surface area contributed by atoms with E-state index in [1.165, 1.54) is 35.7 Å². The Bertz CT molecular complexity index is 2060. The van der Waals surface area contributed by atoms with Gasteiger partial charge in [-0.3, -0.25) is 19.3 Å². The first-order valence-corrected chi connectivity index (χ1v) is 17.9. The molecule has 1 N–H and O–H groups in total. The third-order valence-electron chi connectivity index (χ3n) is 8.54. The number of fused-ring (bicyclic) bond motifs is 1. The van der Waals surface area contributed by atoms with Gasteiger partial charge in [0, 0.05) is 41.3 Å². The van der Waals surface area contributed by atoms with Gasteiger partial charge in [-0.15, -0.1) is 11.3 Å². The molecule has 10 heteroatoms. The number of ether oxygens (including phenoxy) is 1. The van der Waals surface area contributed by atoms with Crippen molar-refractivity contribution in [1.29, 1.82) is 0 Å². The average Bonchev–Trinajstić information content (AvgIpc) is 3.45. The summed E-state index contributed by atoms with van der Waals surface area (Å²) >= 11 is 1.34. The monoisotopic (exact) mass is 713 g/mol. The second-order valence-corrected chi connectivity index (χ2v) is 15.4. The molecule has 0 unspecified atom stereocenters. The number of rotatable bonds is 13. The minimum Gasteiger partial charge on any atom is -0.375 e. The first-order chi connectivity index (χ1) is 24.1. The highest BCUT2D eigenvalue weighted by atomic mass is 32.1. The van der Waals surface area contributed by atoms with E-state index in [4.69, 9.17) is 4.74 Å². The SMILES string of the molecule is CC(C)C(=O)c1cn(Cc2c(F)cccc2F)c2sc(-c3ccc(NC(=O)[C@@H](C)COC(C)(C)C)cc3)c(CN(C)Cc3ccccc3)c2c1=O. The van der Waals surface area contributed by atoms with Crippen LogP contribution in [0.4, 0.5) is 14.5 Å². The van der Waals surface area contributed by atoms with Gasteiger partial charge in [0.05, 0.1) is 35.6 Å². The van der Waals surface area contributed by atoms with Gasteiger partial charge in [-0.1, -0.05) is 69.3 Å². The van der Waals surface area contributed by atoms with Crippen LogP contribution in [0.15, 0.2) is 83.8 Å². The van der Waals surface area contributed by atoms with Crippen molar-refractivity contribution >= 4 is 38.9 Å². The summed E-state index contributed by atoms with van der Waals surface area (Å²) in [6.07, 6.45) is 1.44. The molecule has 7 nitrogen and oxygen atoms in total. The predicted molar refractivity (Wildman–Crippen MR) is 201 cm³/mol. The second kappa shape index (κ2) is 15.8. The topological polar surface area (TPSA) is 80.6 Å². The number of carbonyl (C=O) groups excluding carboxylic acids is 2. The zero-order valence-corrected chi connectivity index (χ0v) is 31.0. The van der Waals surface area contributed by atoms with Gasteiger partial charge in [0.2, 0.25) is 11.3 Å². The van der Waals surface area contributed by atoms with E-state index >= 15 is 0 Å². The smallest absolute Gasteiger partial charge is 0.229 e. The molecule has 5 aromatic rings. The molecule has 1 atom stereocenters. The van der Waals surface area contributed by atoms with Gasteiger partial charge in [0.25, 0.3) is 0 Å². The molecular weight excluding hydrogens is 669 g/mol. The van der Waals surface area contributed by atoms with Gasteiger partial charge in [0.15, 0.2) is 5.78 Å². The summed E-state index contributed by atoms with van der Waals surface area (Å²) in [6.45, 7) is 12.1. The zero-order valence-electron chi connectivity index (χ0n) is 30.2. The van der Waals surface area contributed by atoms with Crippen molar-refractivity contribution in [3.63, 3.8) is 0 Å². The fraction of sp³-hybridized carbons (Fsp3) is 0.341. The highest BCUT2D eigenvalue weighted by molar-refractivity contribution is 7.22. The molecule has 268 valence electrons. The fourth-order valence-corrected chi connectivity index (χ4v) is 7.07. The van der Waals surface area contributed by atoms with E-state index in [2.05, 4.69) is 10.2 Å². The quantitative estimate of drug-likeness (QED) is 0.123. The van der Waals surface area contributed by atoms with E-state index in [0.717, 1.165) is 16.0 Å². The number of amides is 1. The summed E-state index contributed by atoms with van der Waals surface area (Å²) in [5.41, 5.74) is 2.25. The van der Waals surface area contributed by atoms with E-state index in [-0.39, 0.29) is 47.5 Å². The lowest BCUT2D eigenvalue weighted by Gasteiger charge is -2.22. The number of pyridine rings is 1. The number of anilines is 1. The zero-order chi connectivity index (χ0) is 37.0. The minimum atomic E-state index is -0.713. The summed E-state index contributed by atoms with van der Waals surface area (Å²) in [6, 6.07) is 21.0. The van der Waals surface area contributed by atoms with Crippen LogP contribution < -0.4 is 10.7 Å². The molecule has 2 aromatic heterocycles. The number of nitrogens with one attached hydrogen (secondary N) is 1. The van der Waals surface area contributed by atoms with Crippen molar-refractivity contribution in [3.05, 3.63) is 123 Å². The Morgan fingerprint density at radius 2 is 1.55 bits per heavy atom. The molecule has 0 fully saturated rings. The number of Topliss-reactive ketones (excluding diaryl/α,β-unsaturated/α-hetero) is 1. The van der Waals surface area contributed by atoms with E-state index < -0.39 is 23.0 Å². The van der Waals surface area contributed by atoms with Crippen LogP contribution in [0.5, 0.6) is 0 Å². The summed E-state index contributed by atoms with van der Waals surface area (Å²) in [5.74, 6) is -2.78. The number of benzene rings is 3. The number of aromatic nitrogens is 1. The summed E-state index contributed by atoms with van der Waals surface area (Å²) < 4.78 is 37.4. The van der Waals surface area contributed by atoms with Crippen LogP contribution in [0.3, 0.4) is 0 Å². The summed E-state index contributed by atoms with van der Waals surface area (Å²) in [7, 11) is 1.96. The third-order valence-corrected chi connectivity index (χ3v) is 9.86. The molecule has 0 saturated heterocycles. The molecule has 0 bridgehead atoms. The van der Waals surface area contributed by atoms with E-state index in [0.29, 0.717) is 34.6 Å². The Hall–Kier alpha value is -4.51. The van der Waals surface area contributed by atoms with E-state index in [1.54, 1.807) is 30.5 Å². The molecule has 1 amide bonds. The van der Waals surface area contributed by atoms with Crippen LogP contribution in [0, 0.1) is 23.5 Å². The highest BCUT2D eigenvalue weighted by Gasteiger charge is 2.26. The van der Waals surface area contributed by atoms with Gasteiger partial charge in [-0.05, 0) is 68.8 Å². The largest absolute Gasteiger partial charge is 0.375 e. The third kappa shape index (κ3) is 9.05. The Labute approximate surface area is 301 Å². The van der Waals surface area contributed by atoms with Crippen molar-refractivity contribution in [2.24, 2.45) is 11.8 Å². The van der Waals surface area contributed by atoms with Crippen LogP contribution in [0.1, 0.15) is 68.6 Å². The van der Waals surface area contributed by atoms with Gasteiger partial charge in [-0.2, -0.15) is 0 Å². The number of hydrogen-bond donors (Lipinski definition) is 1. The van der Waals surface area contributed by atoms with Crippen molar-refractivity contribution in [3.8, 4) is 10.4 Å². The standard InChI is InChI=1S/C41H45F2N3O4S/c1-25(2)36(47)32-23-46(22-30-33(42)14-11-15-34(30)43)40-35(37(32)48)31(21-45(7)20-27-12-9-8-10-13-27)38(51-40)28-16-18-29(19-17-28)44-39(49)26(3)24-50-41(4,5)6/h8-19,23,25-26H,20-22,24H2,1-7H3,(H,44,49)/t26-/m0/s1. The molecule has 0 saturated carbocycles. The van der Waals surface area contributed by atoms with Crippen LogP contribution in [-0.4, -0.2) is 40.4 Å². The molecule has 3 aromatic carbocycles. The molecule has 5 rings (SSSR count). The molecule has 51 heavy (non-hydrogen) atoms. The Morgan fingerprint density at radius 3 is 2.16 bits per heavy atom. The van der Waals surface area contributed by atoms with E-state index in [1.807, 2.05) is 77.2 Å². The second-order valence-electron chi connectivity index (χ2n) is 14.4. The number of hydrogen-bond acceptors (Lipinski definition) is 6. The molecule has 0 radical (unpaired) electrons. The summed E-state index contributed by atoms with van der Waals surface area (Å²) in [4.78, 5) is 44.1. The highest BCUT2D eigenvalue weighted by Crippen LogP contribution is 2.39. The van der Waals surface area contributed by atoms with Crippen LogP contribution in [0.25, 0.3) is 20.7 Å². The normalized spacial score (nSPS) is 12.5. The van der Waals surface area contributed by atoms with Crippen molar-refractivity contribution in [2.45, 2.75) is 66.8 Å². The van der Waals surface area contributed by atoms with Crippen LogP contribution in [-0.2, 0) is 29.2 Å². The maximum atomic E-state index is 15.0. The van der Waals surface area contributed by atoms with Crippen LogP contribution >= 0.6 is 11.3 Å². The van der Waals surface area contributed by atoms with Crippen molar-refractivity contribution in [1.82, 2.24) is 9.47 Å². The van der Waals surface area contributed by atoms with Gasteiger partial charge >= 0.3 is 0 Å². The molecule has 0 spiro atoms. The predicted octanol–water partition coefficient (Wildman–Crippen LogP) is 8.92. The number of thiophene rings is 1.